The molecule has 1 heterocycles. The summed E-state index contributed by atoms with van der Waals surface area (Å²) in [4.78, 5) is 41.9. The van der Waals surface area contributed by atoms with Crippen LogP contribution >= 0.6 is 0 Å². The molecule has 6 heteroatoms. The highest BCUT2D eigenvalue weighted by Gasteiger charge is 2.51. The Kier molecular flexibility index (Phi) is 6.30. The first-order valence-electron chi connectivity index (χ1n) is 10.7. The van der Waals surface area contributed by atoms with Crippen molar-refractivity contribution in [2.24, 2.45) is 0 Å². The molecule has 0 aromatic heterocycles. The monoisotopic (exact) mass is 399 g/mol. The first kappa shape index (κ1) is 21.3. The zero-order valence-electron chi connectivity index (χ0n) is 17.9. The number of imide groups is 1. The van der Waals surface area contributed by atoms with Gasteiger partial charge >= 0.3 is 6.03 Å². The second-order valence-electron chi connectivity index (χ2n) is 9.31. The maximum Gasteiger partial charge on any atom is 0.325 e. The number of amides is 4. The third kappa shape index (κ3) is 4.80. The van der Waals surface area contributed by atoms with Gasteiger partial charge in [0.2, 0.25) is 5.91 Å². The number of hydrogen-bond donors (Lipinski definition) is 1. The highest BCUT2D eigenvalue weighted by molar-refractivity contribution is 6.09. The lowest BCUT2D eigenvalue weighted by molar-refractivity contribution is -0.142. The number of urea groups is 1. The summed E-state index contributed by atoms with van der Waals surface area (Å²) in [6, 6.07) is 9.34. The van der Waals surface area contributed by atoms with Crippen molar-refractivity contribution in [2.45, 2.75) is 83.3 Å². The smallest absolute Gasteiger partial charge is 0.325 e. The van der Waals surface area contributed by atoms with Crippen molar-refractivity contribution in [3.05, 3.63) is 35.9 Å². The van der Waals surface area contributed by atoms with E-state index < -0.39 is 17.1 Å². The molecular weight excluding hydrogens is 366 g/mol. The average Bonchev–Trinajstić information content (AvgIpc) is 2.87. The van der Waals surface area contributed by atoms with E-state index in [4.69, 9.17) is 0 Å². The number of rotatable bonds is 4. The first-order chi connectivity index (χ1) is 13.7. The van der Waals surface area contributed by atoms with E-state index in [2.05, 4.69) is 5.32 Å². The van der Waals surface area contributed by atoms with E-state index in [1.165, 1.54) is 6.42 Å². The van der Waals surface area contributed by atoms with Crippen molar-refractivity contribution in [1.82, 2.24) is 15.1 Å². The predicted octanol–water partition coefficient (Wildman–Crippen LogP) is 3.85. The molecule has 158 valence electrons. The van der Waals surface area contributed by atoms with E-state index in [9.17, 15) is 14.4 Å². The lowest BCUT2D eigenvalue weighted by Crippen LogP contribution is -2.51. The van der Waals surface area contributed by atoms with E-state index in [1.54, 1.807) is 4.90 Å². The number of hydrogen-bond acceptors (Lipinski definition) is 3. The van der Waals surface area contributed by atoms with Crippen LogP contribution < -0.4 is 5.32 Å². The van der Waals surface area contributed by atoms with Gasteiger partial charge in [-0.05, 0) is 39.2 Å². The van der Waals surface area contributed by atoms with Crippen molar-refractivity contribution in [2.75, 3.05) is 6.54 Å². The quantitative estimate of drug-likeness (QED) is 0.782. The van der Waals surface area contributed by atoms with Gasteiger partial charge in [-0.2, -0.15) is 0 Å². The second kappa shape index (κ2) is 8.56. The van der Waals surface area contributed by atoms with Gasteiger partial charge in [-0.3, -0.25) is 14.5 Å². The Balaban J connectivity index is 1.75. The SMILES string of the molecule is CC(C)(C)N(Cc1ccccc1)C(=O)CN1C(=O)NC2(CCCCCCC2)C1=O. The maximum atomic E-state index is 13.2. The van der Waals surface area contributed by atoms with E-state index in [1.807, 2.05) is 51.1 Å². The van der Waals surface area contributed by atoms with Gasteiger partial charge in [-0.1, -0.05) is 62.4 Å². The molecule has 4 amide bonds. The van der Waals surface area contributed by atoms with Gasteiger partial charge in [-0.25, -0.2) is 4.79 Å². The molecule has 3 rings (SSSR count). The minimum atomic E-state index is -0.816. The largest absolute Gasteiger partial charge is 0.332 e. The molecule has 1 aliphatic heterocycles. The molecular formula is C23H33N3O3. The Bertz CT molecular complexity index is 746. The van der Waals surface area contributed by atoms with Crippen LogP contribution in [0.3, 0.4) is 0 Å². The Morgan fingerprint density at radius 2 is 1.62 bits per heavy atom. The number of carbonyl (C=O) groups is 3. The summed E-state index contributed by atoms with van der Waals surface area (Å²) in [6.45, 7) is 6.14. The van der Waals surface area contributed by atoms with Crippen LogP contribution in [0.1, 0.15) is 71.3 Å². The molecule has 0 unspecified atom stereocenters. The third-order valence-corrected chi connectivity index (χ3v) is 6.04. The summed E-state index contributed by atoms with van der Waals surface area (Å²) < 4.78 is 0. The van der Waals surface area contributed by atoms with Gasteiger partial charge in [0.05, 0.1) is 0 Å². The van der Waals surface area contributed by atoms with Crippen LogP contribution in [-0.2, 0) is 16.1 Å². The number of nitrogens with zero attached hydrogens (tertiary/aromatic N) is 2. The Labute approximate surface area is 173 Å². The van der Waals surface area contributed by atoms with Gasteiger partial charge in [0.25, 0.3) is 5.91 Å². The van der Waals surface area contributed by atoms with Gasteiger partial charge in [0.15, 0.2) is 0 Å². The molecule has 0 atom stereocenters. The van der Waals surface area contributed by atoms with Crippen LogP contribution in [-0.4, -0.2) is 45.3 Å². The topological polar surface area (TPSA) is 69.7 Å². The minimum absolute atomic E-state index is 0.212. The normalized spacial score (nSPS) is 19.6. The summed E-state index contributed by atoms with van der Waals surface area (Å²) >= 11 is 0. The highest BCUT2D eigenvalue weighted by Crippen LogP contribution is 2.32. The summed E-state index contributed by atoms with van der Waals surface area (Å²) in [5.41, 5.74) is -0.224. The Hall–Kier alpha value is -2.37. The predicted molar refractivity (Wildman–Crippen MR) is 112 cm³/mol. The van der Waals surface area contributed by atoms with Gasteiger partial charge in [0.1, 0.15) is 12.1 Å². The van der Waals surface area contributed by atoms with Crippen molar-refractivity contribution in [3.63, 3.8) is 0 Å². The van der Waals surface area contributed by atoms with E-state index in [-0.39, 0.29) is 18.4 Å². The van der Waals surface area contributed by atoms with Gasteiger partial charge in [0, 0.05) is 12.1 Å². The number of carbonyl (C=O) groups excluding carboxylic acids is 3. The molecule has 6 nitrogen and oxygen atoms in total. The Morgan fingerprint density at radius 1 is 1.03 bits per heavy atom. The zero-order chi connectivity index (χ0) is 21.1. The molecule has 1 aromatic carbocycles. The molecule has 1 N–H and O–H groups in total. The van der Waals surface area contributed by atoms with Crippen LogP contribution in [0.25, 0.3) is 0 Å². The molecule has 29 heavy (non-hydrogen) atoms. The van der Waals surface area contributed by atoms with E-state index in [0.29, 0.717) is 19.4 Å². The van der Waals surface area contributed by atoms with E-state index >= 15 is 0 Å². The summed E-state index contributed by atoms with van der Waals surface area (Å²) in [5, 5.41) is 2.94. The fraction of sp³-hybridized carbons (Fsp3) is 0.609. The molecule has 1 aliphatic carbocycles. The van der Waals surface area contributed by atoms with Crippen molar-refractivity contribution >= 4 is 17.8 Å². The lowest BCUT2D eigenvalue weighted by atomic mass is 9.84. The van der Waals surface area contributed by atoms with Crippen molar-refractivity contribution < 1.29 is 14.4 Å². The van der Waals surface area contributed by atoms with Gasteiger partial charge in [-0.15, -0.1) is 0 Å². The summed E-state index contributed by atoms with van der Waals surface area (Å²) in [5.74, 6) is -0.445. The molecule has 0 radical (unpaired) electrons. The molecule has 1 spiro atoms. The fourth-order valence-corrected chi connectivity index (χ4v) is 4.35. The molecule has 1 aromatic rings. The van der Waals surface area contributed by atoms with Crippen LogP contribution in [0.5, 0.6) is 0 Å². The fourth-order valence-electron chi connectivity index (χ4n) is 4.35. The molecule has 1 saturated carbocycles. The lowest BCUT2D eigenvalue weighted by Gasteiger charge is -2.36. The van der Waals surface area contributed by atoms with Crippen molar-refractivity contribution in [3.8, 4) is 0 Å². The van der Waals surface area contributed by atoms with Crippen LogP contribution in [0.2, 0.25) is 0 Å². The van der Waals surface area contributed by atoms with Crippen molar-refractivity contribution in [1.29, 1.82) is 0 Å². The third-order valence-electron chi connectivity index (χ3n) is 6.04. The van der Waals surface area contributed by atoms with Crippen LogP contribution in [0.4, 0.5) is 4.79 Å². The average molecular weight is 400 g/mol. The molecule has 1 saturated heterocycles. The first-order valence-corrected chi connectivity index (χ1v) is 10.7. The minimum Gasteiger partial charge on any atom is -0.332 e. The van der Waals surface area contributed by atoms with Crippen LogP contribution in [0.15, 0.2) is 30.3 Å². The van der Waals surface area contributed by atoms with E-state index in [0.717, 1.165) is 36.1 Å². The number of benzene rings is 1. The zero-order valence-corrected chi connectivity index (χ0v) is 17.9. The second-order valence-corrected chi connectivity index (χ2v) is 9.31. The van der Waals surface area contributed by atoms with Crippen LogP contribution in [0, 0.1) is 0 Å². The molecule has 2 aliphatic rings. The highest BCUT2D eigenvalue weighted by atomic mass is 16.2. The molecule has 0 bridgehead atoms. The summed E-state index contributed by atoms with van der Waals surface area (Å²) in [6.07, 6.45) is 6.52. The maximum absolute atomic E-state index is 13.2. The van der Waals surface area contributed by atoms with Gasteiger partial charge < -0.3 is 10.2 Å². The molecule has 2 fully saturated rings. The summed E-state index contributed by atoms with van der Waals surface area (Å²) in [7, 11) is 0. The number of nitrogens with one attached hydrogen (secondary N) is 1. The Morgan fingerprint density at radius 3 is 2.21 bits per heavy atom. The standard InChI is InChI=1S/C23H33N3O3/c1-22(2,3)26(16-18-12-8-7-9-13-18)19(27)17-25-20(28)23(24-21(25)29)14-10-5-4-6-11-15-23/h7-9,12-13H,4-6,10-11,14-17H2,1-3H3,(H,24,29).